The van der Waals surface area contributed by atoms with Gasteiger partial charge in [-0.2, -0.15) is 0 Å². The average molecular weight is 460 g/mol. The number of nitrogens with one attached hydrogen (secondary N) is 4. The van der Waals surface area contributed by atoms with Gasteiger partial charge in [0, 0.05) is 39.8 Å². The first-order valence-corrected chi connectivity index (χ1v) is 12.0. The molecule has 0 aromatic carbocycles. The van der Waals surface area contributed by atoms with Crippen LogP contribution in [-0.2, 0) is 14.3 Å². The Balaban J connectivity index is 1.33. The summed E-state index contributed by atoms with van der Waals surface area (Å²) in [5, 5.41) is 11.9. The van der Waals surface area contributed by atoms with Crippen molar-refractivity contribution >= 4 is 17.5 Å². The van der Waals surface area contributed by atoms with E-state index in [1.165, 1.54) is 0 Å². The summed E-state index contributed by atoms with van der Waals surface area (Å²) in [6.07, 6.45) is 2.69. The van der Waals surface area contributed by atoms with Crippen LogP contribution in [-0.4, -0.2) is 111 Å². The van der Waals surface area contributed by atoms with Crippen LogP contribution in [0.25, 0.3) is 0 Å². The lowest BCUT2D eigenvalue weighted by Gasteiger charge is -2.39. The van der Waals surface area contributed by atoms with E-state index < -0.39 is 6.17 Å². The molecule has 0 aliphatic carbocycles. The van der Waals surface area contributed by atoms with Gasteiger partial charge in [0.15, 0.2) is 0 Å². The van der Waals surface area contributed by atoms with Gasteiger partial charge in [0.25, 0.3) is 0 Å². The van der Waals surface area contributed by atoms with Crippen LogP contribution in [0.15, 0.2) is 0 Å². The normalized spacial score (nSPS) is 39.9. The van der Waals surface area contributed by atoms with E-state index in [0.29, 0.717) is 19.6 Å². The molecule has 6 N–H and O–H groups in total. The highest BCUT2D eigenvalue weighted by molar-refractivity contribution is 6.21. The van der Waals surface area contributed by atoms with Crippen molar-refractivity contribution in [1.82, 2.24) is 31.3 Å². The minimum atomic E-state index is -0.442. The molecule has 11 heteroatoms. The Morgan fingerprint density at radius 2 is 2.16 bits per heavy atom. The van der Waals surface area contributed by atoms with E-state index in [0.717, 1.165) is 52.0 Å². The van der Waals surface area contributed by atoms with Gasteiger partial charge in [-0.1, -0.05) is 0 Å². The van der Waals surface area contributed by atoms with Crippen molar-refractivity contribution in [2.24, 2.45) is 11.7 Å². The number of hydrogen-bond donors (Lipinski definition) is 5. The Hall–Kier alpha value is -0.560. The Labute approximate surface area is 189 Å². The number of fused-ring (bicyclic) bond motifs is 1. The van der Waals surface area contributed by atoms with Gasteiger partial charge >= 0.3 is 0 Å². The molecule has 7 atom stereocenters. The van der Waals surface area contributed by atoms with Crippen LogP contribution in [0.5, 0.6) is 0 Å². The van der Waals surface area contributed by atoms with Gasteiger partial charge in [-0.25, -0.2) is 10.4 Å². The SMILES string of the molecule is COCCN1CCC[C@H](OC2CCNCC2NC(=O)C2C(N)NN3CC(Cl)CNC23)C1. The Kier molecular flexibility index (Phi) is 8.40. The molecule has 4 heterocycles. The van der Waals surface area contributed by atoms with Crippen molar-refractivity contribution in [2.75, 3.05) is 59.5 Å². The predicted octanol–water partition coefficient (Wildman–Crippen LogP) is -1.78. The number of halogens is 1. The Morgan fingerprint density at radius 1 is 1.29 bits per heavy atom. The van der Waals surface area contributed by atoms with E-state index in [4.69, 9.17) is 26.8 Å². The molecule has 0 aromatic heterocycles. The van der Waals surface area contributed by atoms with Crippen LogP contribution in [0, 0.1) is 5.92 Å². The van der Waals surface area contributed by atoms with Crippen molar-refractivity contribution in [3.05, 3.63) is 0 Å². The minimum absolute atomic E-state index is 0.00275. The highest BCUT2D eigenvalue weighted by atomic mass is 35.5. The lowest BCUT2D eigenvalue weighted by atomic mass is 9.98. The second-order valence-corrected chi connectivity index (χ2v) is 9.74. The molecule has 0 spiro atoms. The van der Waals surface area contributed by atoms with Crippen molar-refractivity contribution in [3.63, 3.8) is 0 Å². The molecule has 31 heavy (non-hydrogen) atoms. The summed E-state index contributed by atoms with van der Waals surface area (Å²) in [6.45, 7) is 6.62. The van der Waals surface area contributed by atoms with Crippen LogP contribution in [0.2, 0.25) is 0 Å². The number of amides is 1. The molecule has 0 aromatic rings. The second-order valence-electron chi connectivity index (χ2n) is 9.12. The van der Waals surface area contributed by atoms with Gasteiger partial charge in [-0.3, -0.25) is 15.0 Å². The van der Waals surface area contributed by atoms with E-state index in [2.05, 4.69) is 26.3 Å². The van der Waals surface area contributed by atoms with E-state index >= 15 is 0 Å². The lowest BCUT2D eigenvalue weighted by Crippen LogP contribution is -2.61. The number of carbonyl (C=O) groups is 1. The quantitative estimate of drug-likeness (QED) is 0.282. The van der Waals surface area contributed by atoms with Gasteiger partial charge < -0.3 is 25.8 Å². The summed E-state index contributed by atoms with van der Waals surface area (Å²) < 4.78 is 11.8. The molecule has 4 fully saturated rings. The van der Waals surface area contributed by atoms with Crippen molar-refractivity contribution in [1.29, 1.82) is 0 Å². The van der Waals surface area contributed by atoms with Crippen LogP contribution < -0.4 is 27.1 Å². The first kappa shape index (κ1) is 23.6. The molecule has 4 saturated heterocycles. The van der Waals surface area contributed by atoms with Gasteiger partial charge in [0.2, 0.25) is 5.91 Å². The fraction of sp³-hybridized carbons (Fsp3) is 0.950. The summed E-state index contributed by atoms with van der Waals surface area (Å²) in [6, 6.07) is -0.0683. The van der Waals surface area contributed by atoms with Gasteiger partial charge in [-0.15, -0.1) is 11.6 Å². The summed E-state index contributed by atoms with van der Waals surface area (Å²) in [7, 11) is 1.74. The fourth-order valence-corrected chi connectivity index (χ4v) is 5.43. The van der Waals surface area contributed by atoms with E-state index in [-0.39, 0.29) is 41.6 Å². The molecule has 6 unspecified atom stereocenters. The number of rotatable bonds is 7. The third kappa shape index (κ3) is 5.87. The van der Waals surface area contributed by atoms with Crippen molar-refractivity contribution in [2.45, 2.75) is 55.2 Å². The largest absolute Gasteiger partial charge is 0.383 e. The van der Waals surface area contributed by atoms with Gasteiger partial charge in [0.05, 0.1) is 48.5 Å². The van der Waals surface area contributed by atoms with E-state index in [9.17, 15) is 4.79 Å². The zero-order valence-corrected chi connectivity index (χ0v) is 19.2. The summed E-state index contributed by atoms with van der Waals surface area (Å²) in [5.41, 5.74) is 9.46. The number of hydrazine groups is 1. The summed E-state index contributed by atoms with van der Waals surface area (Å²) >= 11 is 6.24. The van der Waals surface area contributed by atoms with Crippen LogP contribution in [0.3, 0.4) is 0 Å². The Morgan fingerprint density at radius 3 is 3.00 bits per heavy atom. The zero-order chi connectivity index (χ0) is 21.8. The van der Waals surface area contributed by atoms with Gasteiger partial charge in [0.1, 0.15) is 0 Å². The fourth-order valence-electron chi connectivity index (χ4n) is 5.19. The first-order chi connectivity index (χ1) is 15.0. The molecule has 0 radical (unpaired) electrons. The number of hydrogen-bond acceptors (Lipinski definition) is 9. The van der Waals surface area contributed by atoms with Gasteiger partial charge in [-0.05, 0) is 32.4 Å². The van der Waals surface area contributed by atoms with E-state index in [1.54, 1.807) is 7.11 Å². The van der Waals surface area contributed by atoms with Crippen LogP contribution in [0.4, 0.5) is 0 Å². The number of piperidine rings is 2. The molecule has 10 nitrogen and oxygen atoms in total. The third-order valence-electron chi connectivity index (χ3n) is 6.81. The molecule has 0 saturated carbocycles. The maximum absolute atomic E-state index is 13.2. The molecule has 0 bridgehead atoms. The monoisotopic (exact) mass is 459 g/mol. The molecule has 4 aliphatic rings. The number of likely N-dealkylation sites (tertiary alicyclic amines) is 1. The highest BCUT2D eigenvalue weighted by Gasteiger charge is 2.47. The van der Waals surface area contributed by atoms with E-state index in [1.807, 2.05) is 5.01 Å². The molecule has 4 aliphatic heterocycles. The topological polar surface area (TPSA) is 116 Å². The summed E-state index contributed by atoms with van der Waals surface area (Å²) in [4.78, 5) is 15.6. The maximum Gasteiger partial charge on any atom is 0.229 e. The zero-order valence-electron chi connectivity index (χ0n) is 18.4. The van der Waals surface area contributed by atoms with Crippen LogP contribution in [0.1, 0.15) is 19.3 Å². The second kappa shape index (κ2) is 11.0. The number of methoxy groups -OCH3 is 1. The number of carbonyl (C=O) groups excluding carboxylic acids is 1. The molecule has 178 valence electrons. The first-order valence-electron chi connectivity index (χ1n) is 11.6. The average Bonchev–Trinajstić information content (AvgIpc) is 3.08. The predicted molar refractivity (Wildman–Crippen MR) is 118 cm³/mol. The number of nitrogens with two attached hydrogens (primary N) is 1. The van der Waals surface area contributed by atoms with Crippen LogP contribution >= 0.6 is 11.6 Å². The van der Waals surface area contributed by atoms with Crippen molar-refractivity contribution < 1.29 is 14.3 Å². The standard InChI is InChI=1S/C20H38ClN7O3/c1-30-8-7-27-6-2-3-14(12-27)31-16-4-5-23-10-15(16)25-20(29)17-18(22)26-28-11-13(21)9-24-19(17)28/h13-19,23-24,26H,2-12,22H2,1H3,(H,25,29)/t13?,14-,15?,16?,17?,18?,19?/m0/s1. The number of nitrogens with zero attached hydrogens (tertiary/aromatic N) is 2. The molecular weight excluding hydrogens is 422 g/mol. The highest BCUT2D eigenvalue weighted by Crippen LogP contribution is 2.24. The maximum atomic E-state index is 13.2. The number of ether oxygens (including phenoxy) is 2. The van der Waals surface area contributed by atoms with Crippen molar-refractivity contribution in [3.8, 4) is 0 Å². The molecule has 1 amide bonds. The lowest BCUT2D eigenvalue weighted by molar-refractivity contribution is -0.130. The third-order valence-corrected chi connectivity index (χ3v) is 7.10. The minimum Gasteiger partial charge on any atom is -0.383 e. The molecular formula is C20H38ClN7O3. The smallest absolute Gasteiger partial charge is 0.229 e. The Bertz CT molecular complexity index is 603. The number of alkyl halides is 1. The molecule has 4 rings (SSSR count). The summed E-state index contributed by atoms with van der Waals surface area (Å²) in [5.74, 6) is -0.424.